The predicted molar refractivity (Wildman–Crippen MR) is 74.8 cm³/mol. The number of benzene rings is 1. The first-order valence-electron chi connectivity index (χ1n) is 6.40. The van der Waals surface area contributed by atoms with Gasteiger partial charge in [-0.25, -0.2) is 4.98 Å². The molecule has 2 rings (SSSR count). The molecule has 0 unspecified atom stereocenters. The van der Waals surface area contributed by atoms with Gasteiger partial charge in [-0.1, -0.05) is 23.8 Å². The highest BCUT2D eigenvalue weighted by Crippen LogP contribution is 2.17. The van der Waals surface area contributed by atoms with E-state index in [0.29, 0.717) is 6.54 Å². The minimum absolute atomic E-state index is 0.635. The van der Waals surface area contributed by atoms with Crippen LogP contribution >= 0.6 is 0 Å². The van der Waals surface area contributed by atoms with Crippen LogP contribution in [0.2, 0.25) is 0 Å². The van der Waals surface area contributed by atoms with Crippen molar-refractivity contribution in [3.8, 4) is 0 Å². The van der Waals surface area contributed by atoms with Crippen LogP contribution in [0.4, 0.5) is 0 Å². The zero-order valence-electron chi connectivity index (χ0n) is 11.4. The fourth-order valence-electron chi connectivity index (χ4n) is 2.16. The molecule has 2 aromatic rings. The van der Waals surface area contributed by atoms with Crippen molar-refractivity contribution < 1.29 is 0 Å². The standard InChI is InChI=1S/C15H21N3/c1-10-4-5-11(2)13(8-10)9-14-12(3)17-15(18-14)6-7-16/h4-5,8H,6-7,9,16H2,1-3H3,(H,17,18). The Labute approximate surface area is 108 Å². The molecular weight excluding hydrogens is 222 g/mol. The Hall–Kier alpha value is -1.61. The maximum Gasteiger partial charge on any atom is 0.107 e. The number of aryl methyl sites for hydroxylation is 3. The van der Waals surface area contributed by atoms with Crippen molar-refractivity contribution in [3.63, 3.8) is 0 Å². The normalized spacial score (nSPS) is 10.9. The van der Waals surface area contributed by atoms with Gasteiger partial charge in [-0.3, -0.25) is 0 Å². The summed E-state index contributed by atoms with van der Waals surface area (Å²) in [6.07, 6.45) is 1.70. The molecule has 3 nitrogen and oxygen atoms in total. The molecule has 0 atom stereocenters. The first kappa shape index (κ1) is 12.8. The van der Waals surface area contributed by atoms with Gasteiger partial charge in [-0.15, -0.1) is 0 Å². The zero-order valence-corrected chi connectivity index (χ0v) is 11.4. The van der Waals surface area contributed by atoms with Gasteiger partial charge in [0.2, 0.25) is 0 Å². The Balaban J connectivity index is 2.25. The van der Waals surface area contributed by atoms with E-state index in [1.165, 1.54) is 16.7 Å². The van der Waals surface area contributed by atoms with Crippen LogP contribution in [0.25, 0.3) is 0 Å². The molecule has 0 aliphatic rings. The minimum Gasteiger partial charge on any atom is -0.346 e. The monoisotopic (exact) mass is 243 g/mol. The summed E-state index contributed by atoms with van der Waals surface area (Å²) in [5.74, 6) is 0.996. The maximum atomic E-state index is 5.56. The molecule has 0 spiro atoms. The summed E-state index contributed by atoms with van der Waals surface area (Å²) in [6, 6.07) is 6.57. The number of H-pyrrole nitrogens is 1. The largest absolute Gasteiger partial charge is 0.346 e. The van der Waals surface area contributed by atoms with Crippen LogP contribution in [0.1, 0.15) is 33.9 Å². The van der Waals surface area contributed by atoms with Crippen molar-refractivity contribution in [1.82, 2.24) is 9.97 Å². The molecule has 0 radical (unpaired) electrons. The molecule has 0 amide bonds. The van der Waals surface area contributed by atoms with Crippen LogP contribution in [0.15, 0.2) is 18.2 Å². The van der Waals surface area contributed by atoms with E-state index in [4.69, 9.17) is 5.73 Å². The van der Waals surface area contributed by atoms with Gasteiger partial charge >= 0.3 is 0 Å². The molecule has 0 fully saturated rings. The fraction of sp³-hybridized carbons (Fsp3) is 0.400. The zero-order chi connectivity index (χ0) is 13.1. The third-order valence-electron chi connectivity index (χ3n) is 3.28. The molecular formula is C15H21N3. The minimum atomic E-state index is 0.635. The van der Waals surface area contributed by atoms with Gasteiger partial charge < -0.3 is 10.7 Å². The number of aromatic nitrogens is 2. The Morgan fingerprint density at radius 1 is 1.22 bits per heavy atom. The second-order valence-electron chi connectivity index (χ2n) is 4.90. The van der Waals surface area contributed by atoms with E-state index in [1.807, 2.05) is 0 Å². The number of nitrogens with zero attached hydrogens (tertiary/aromatic N) is 1. The summed E-state index contributed by atoms with van der Waals surface area (Å²) in [5.41, 5.74) is 11.8. The molecule has 0 aliphatic carbocycles. The third-order valence-corrected chi connectivity index (χ3v) is 3.28. The van der Waals surface area contributed by atoms with E-state index in [0.717, 1.165) is 30.1 Å². The van der Waals surface area contributed by atoms with Crippen molar-refractivity contribution in [2.24, 2.45) is 5.73 Å². The van der Waals surface area contributed by atoms with Crippen LogP contribution in [0, 0.1) is 20.8 Å². The predicted octanol–water partition coefficient (Wildman–Crippen LogP) is 2.43. The van der Waals surface area contributed by atoms with E-state index in [9.17, 15) is 0 Å². The number of nitrogens with two attached hydrogens (primary N) is 1. The molecule has 1 aromatic carbocycles. The van der Waals surface area contributed by atoms with Gasteiger partial charge in [0.05, 0.1) is 5.69 Å². The molecule has 0 saturated heterocycles. The first-order chi connectivity index (χ1) is 8.60. The van der Waals surface area contributed by atoms with Crippen molar-refractivity contribution >= 4 is 0 Å². The smallest absolute Gasteiger partial charge is 0.107 e. The van der Waals surface area contributed by atoms with Gasteiger partial charge in [0.25, 0.3) is 0 Å². The maximum absolute atomic E-state index is 5.56. The van der Waals surface area contributed by atoms with Crippen LogP contribution < -0.4 is 5.73 Å². The lowest BCUT2D eigenvalue weighted by atomic mass is 10.0. The average molecular weight is 243 g/mol. The number of rotatable bonds is 4. The highest BCUT2D eigenvalue weighted by molar-refractivity contribution is 5.34. The second-order valence-corrected chi connectivity index (χ2v) is 4.90. The highest BCUT2D eigenvalue weighted by atomic mass is 14.9. The quantitative estimate of drug-likeness (QED) is 0.866. The topological polar surface area (TPSA) is 54.7 Å². The fourth-order valence-corrected chi connectivity index (χ4v) is 2.16. The lowest BCUT2D eigenvalue weighted by Gasteiger charge is -2.06. The van der Waals surface area contributed by atoms with E-state index < -0.39 is 0 Å². The van der Waals surface area contributed by atoms with Crippen LogP contribution in [-0.4, -0.2) is 16.5 Å². The van der Waals surface area contributed by atoms with Crippen molar-refractivity contribution in [1.29, 1.82) is 0 Å². The molecule has 1 aromatic heterocycles. The Bertz CT molecular complexity index is 541. The van der Waals surface area contributed by atoms with E-state index >= 15 is 0 Å². The Morgan fingerprint density at radius 2 is 2.00 bits per heavy atom. The summed E-state index contributed by atoms with van der Waals surface area (Å²) >= 11 is 0. The summed E-state index contributed by atoms with van der Waals surface area (Å²) in [5, 5.41) is 0. The number of imidazole rings is 1. The lowest BCUT2D eigenvalue weighted by Crippen LogP contribution is -2.04. The van der Waals surface area contributed by atoms with Crippen LogP contribution in [0.3, 0.4) is 0 Å². The lowest BCUT2D eigenvalue weighted by molar-refractivity contribution is 0.885. The van der Waals surface area contributed by atoms with Gasteiger partial charge in [0, 0.05) is 18.5 Å². The SMILES string of the molecule is Cc1ccc(C)c(Cc2nc(CCN)[nH]c2C)c1. The van der Waals surface area contributed by atoms with Crippen molar-refractivity contribution in [2.75, 3.05) is 6.54 Å². The van der Waals surface area contributed by atoms with Gasteiger partial charge in [0.15, 0.2) is 0 Å². The van der Waals surface area contributed by atoms with Crippen molar-refractivity contribution in [2.45, 2.75) is 33.6 Å². The number of nitrogens with one attached hydrogen (secondary N) is 1. The summed E-state index contributed by atoms with van der Waals surface area (Å²) in [7, 11) is 0. The second kappa shape index (κ2) is 5.36. The molecule has 3 heteroatoms. The Morgan fingerprint density at radius 3 is 2.72 bits per heavy atom. The van der Waals surface area contributed by atoms with Gasteiger partial charge in [-0.05, 0) is 38.4 Å². The summed E-state index contributed by atoms with van der Waals surface area (Å²) in [4.78, 5) is 7.94. The number of hydrogen-bond acceptors (Lipinski definition) is 2. The molecule has 0 bridgehead atoms. The molecule has 1 heterocycles. The van der Waals surface area contributed by atoms with Crippen LogP contribution in [-0.2, 0) is 12.8 Å². The van der Waals surface area contributed by atoms with E-state index in [1.54, 1.807) is 0 Å². The van der Waals surface area contributed by atoms with Crippen LogP contribution in [0.5, 0.6) is 0 Å². The molecule has 18 heavy (non-hydrogen) atoms. The summed E-state index contributed by atoms with van der Waals surface area (Å²) in [6.45, 7) is 6.99. The van der Waals surface area contributed by atoms with Crippen molar-refractivity contribution in [3.05, 3.63) is 52.1 Å². The van der Waals surface area contributed by atoms with E-state index in [2.05, 4.69) is 48.9 Å². The van der Waals surface area contributed by atoms with Gasteiger partial charge in [-0.2, -0.15) is 0 Å². The number of aromatic amines is 1. The van der Waals surface area contributed by atoms with E-state index in [-0.39, 0.29) is 0 Å². The molecule has 0 saturated carbocycles. The third kappa shape index (κ3) is 2.79. The highest BCUT2D eigenvalue weighted by Gasteiger charge is 2.08. The molecule has 96 valence electrons. The number of hydrogen-bond donors (Lipinski definition) is 2. The molecule has 3 N–H and O–H groups in total. The summed E-state index contributed by atoms with van der Waals surface area (Å²) < 4.78 is 0. The van der Waals surface area contributed by atoms with Gasteiger partial charge in [0.1, 0.15) is 5.82 Å². The average Bonchev–Trinajstić information content (AvgIpc) is 2.65. The molecule has 0 aliphatic heterocycles. The Kier molecular flexibility index (Phi) is 3.82. The first-order valence-corrected chi connectivity index (χ1v) is 6.40.